The number of hydrogen-bond donors (Lipinski definition) is 4. The number of amides is 2. The van der Waals surface area contributed by atoms with Gasteiger partial charge in [-0.3, -0.25) is 15.5 Å². The van der Waals surface area contributed by atoms with Crippen LogP contribution >= 0.6 is 0 Å². The van der Waals surface area contributed by atoms with Crippen LogP contribution in [0.15, 0.2) is 35.7 Å². The molecule has 2 aliphatic rings. The number of nitrogens with one attached hydrogen (secondary N) is 2. The number of piperidine rings is 1. The number of oxime groups is 1. The molecule has 1 aromatic carbocycles. The first-order valence-electron chi connectivity index (χ1n) is 12.1. The molecule has 0 saturated carbocycles. The van der Waals surface area contributed by atoms with Crippen molar-refractivity contribution in [1.82, 2.24) is 20.2 Å². The Morgan fingerprint density at radius 1 is 1.26 bits per heavy atom. The number of rotatable bonds is 8. The molecule has 13 nitrogen and oxygen atoms in total. The number of aliphatic hydroxyl groups excluding tert-OH is 1. The molecule has 14 heteroatoms. The molecule has 38 heavy (non-hydrogen) atoms. The van der Waals surface area contributed by atoms with Crippen LogP contribution in [0.3, 0.4) is 0 Å². The Labute approximate surface area is 217 Å². The lowest BCUT2D eigenvalue weighted by atomic mass is 10.1. The van der Waals surface area contributed by atoms with E-state index < -0.39 is 24.1 Å². The lowest BCUT2D eigenvalue weighted by molar-refractivity contribution is -0.134. The van der Waals surface area contributed by atoms with Gasteiger partial charge in [0.1, 0.15) is 25.3 Å². The summed E-state index contributed by atoms with van der Waals surface area (Å²) < 4.78 is 19.9. The summed E-state index contributed by atoms with van der Waals surface area (Å²) in [6, 6.07) is 4.70. The van der Waals surface area contributed by atoms with Gasteiger partial charge in [-0.05, 0) is 0 Å². The van der Waals surface area contributed by atoms with Crippen LogP contribution < -0.4 is 16.0 Å². The van der Waals surface area contributed by atoms with Gasteiger partial charge in [0.05, 0.1) is 12.3 Å². The highest BCUT2D eigenvalue weighted by atomic mass is 19.1. The van der Waals surface area contributed by atoms with Gasteiger partial charge in [0.2, 0.25) is 11.9 Å². The van der Waals surface area contributed by atoms with E-state index in [9.17, 15) is 14.7 Å². The number of ether oxygens (including phenoxy) is 1. The standard InChI is InChI=1S/C24H29FN8O5/c25-21-15(14-37-24(36)30-22(26)27)2-1-3-18(21)16-12-28-23(29-13-16)32-8-6-17(7-9-32)31-38-11-10-33-19(34)4-5-20(33)35/h1-3,12-13,19,34H,4-11,14H2,(H4,26,27,30,36). The number of aliphatic hydroxyl groups is 1. The van der Waals surface area contributed by atoms with Gasteiger partial charge in [-0.1, -0.05) is 23.4 Å². The molecule has 2 saturated heterocycles. The SMILES string of the molecule is N=C(N)NC(=O)OCc1cccc(-c2cnc(N3CCC(=NOCCN4C(=O)CCC4O)CC3)nc2)c1F. The molecular formula is C24H29FN8O5. The topological polar surface area (TPSA) is 179 Å². The van der Waals surface area contributed by atoms with Gasteiger partial charge in [0.25, 0.3) is 0 Å². The van der Waals surface area contributed by atoms with Gasteiger partial charge in [0, 0.05) is 67.9 Å². The second-order valence-corrected chi connectivity index (χ2v) is 8.75. The van der Waals surface area contributed by atoms with Crippen LogP contribution in [0, 0.1) is 11.2 Å². The summed E-state index contributed by atoms with van der Waals surface area (Å²) in [5.74, 6) is -0.703. The zero-order chi connectivity index (χ0) is 27.1. The van der Waals surface area contributed by atoms with Gasteiger partial charge < -0.3 is 30.2 Å². The Kier molecular flexibility index (Phi) is 8.63. The van der Waals surface area contributed by atoms with Gasteiger partial charge in [-0.15, -0.1) is 0 Å². The number of likely N-dealkylation sites (tertiary alicyclic amines) is 1. The number of hydrogen-bond acceptors (Lipinski definition) is 10. The van der Waals surface area contributed by atoms with Crippen LogP contribution in [0.5, 0.6) is 0 Å². The van der Waals surface area contributed by atoms with Crippen LogP contribution in [0.25, 0.3) is 11.1 Å². The molecule has 0 aliphatic carbocycles. The fraction of sp³-hybridized carbons (Fsp3) is 0.417. The smallest absolute Gasteiger partial charge is 0.414 e. The van der Waals surface area contributed by atoms with Crippen LogP contribution in [-0.4, -0.2) is 76.1 Å². The maximum absolute atomic E-state index is 15.0. The molecule has 202 valence electrons. The molecule has 4 rings (SSSR count). The third-order valence-electron chi connectivity index (χ3n) is 6.16. The van der Waals surface area contributed by atoms with E-state index in [1.165, 1.54) is 23.4 Å². The number of guanidine groups is 1. The average Bonchev–Trinajstić information content (AvgIpc) is 3.23. The molecule has 2 aromatic rings. The first-order valence-corrected chi connectivity index (χ1v) is 12.1. The summed E-state index contributed by atoms with van der Waals surface area (Å²) in [7, 11) is 0. The lowest BCUT2D eigenvalue weighted by Crippen LogP contribution is -2.36. The number of carbonyl (C=O) groups is 2. The fourth-order valence-corrected chi connectivity index (χ4v) is 4.15. The second kappa shape index (κ2) is 12.3. The highest BCUT2D eigenvalue weighted by Crippen LogP contribution is 2.26. The molecule has 3 heterocycles. The largest absolute Gasteiger partial charge is 0.444 e. The van der Waals surface area contributed by atoms with E-state index in [0.717, 1.165) is 5.71 Å². The van der Waals surface area contributed by atoms with Gasteiger partial charge in [-0.2, -0.15) is 0 Å². The van der Waals surface area contributed by atoms with E-state index in [4.69, 9.17) is 20.7 Å². The number of benzene rings is 1. The second-order valence-electron chi connectivity index (χ2n) is 8.75. The number of anilines is 1. The fourth-order valence-electron chi connectivity index (χ4n) is 4.15. The van der Waals surface area contributed by atoms with Gasteiger partial charge >= 0.3 is 6.09 Å². The van der Waals surface area contributed by atoms with Crippen LogP contribution in [0.2, 0.25) is 0 Å². The minimum Gasteiger partial charge on any atom is -0.444 e. The molecule has 1 aromatic heterocycles. The monoisotopic (exact) mass is 528 g/mol. The molecular weight excluding hydrogens is 499 g/mol. The number of aromatic nitrogens is 2. The van der Waals surface area contributed by atoms with Crippen molar-refractivity contribution in [3.8, 4) is 11.1 Å². The predicted octanol–water partition coefficient (Wildman–Crippen LogP) is 1.32. The molecule has 2 aliphatic heterocycles. The van der Waals surface area contributed by atoms with Crippen molar-refractivity contribution in [2.45, 2.75) is 38.5 Å². The summed E-state index contributed by atoms with van der Waals surface area (Å²) in [5, 5.41) is 22.9. The molecule has 0 spiro atoms. The summed E-state index contributed by atoms with van der Waals surface area (Å²) in [6.07, 6.45) is 3.50. The Balaban J connectivity index is 1.28. The van der Waals surface area contributed by atoms with Gasteiger partial charge in [-0.25, -0.2) is 19.2 Å². The Morgan fingerprint density at radius 3 is 2.66 bits per heavy atom. The summed E-state index contributed by atoms with van der Waals surface area (Å²) in [6.45, 7) is 1.45. The Hall–Kier alpha value is -4.33. The quantitative estimate of drug-likeness (QED) is 0.170. The predicted molar refractivity (Wildman–Crippen MR) is 134 cm³/mol. The third-order valence-corrected chi connectivity index (χ3v) is 6.16. The summed E-state index contributed by atoms with van der Waals surface area (Å²) >= 11 is 0. The molecule has 0 bridgehead atoms. The zero-order valence-corrected chi connectivity index (χ0v) is 20.6. The van der Waals surface area contributed by atoms with Gasteiger partial charge in [0.15, 0.2) is 5.96 Å². The van der Waals surface area contributed by atoms with Crippen molar-refractivity contribution in [3.05, 3.63) is 42.0 Å². The average molecular weight is 529 g/mol. The Bertz CT molecular complexity index is 1200. The maximum Gasteiger partial charge on any atom is 0.414 e. The van der Waals surface area contributed by atoms with Crippen LogP contribution in [-0.2, 0) is 21.0 Å². The highest BCUT2D eigenvalue weighted by molar-refractivity contribution is 5.91. The molecule has 2 fully saturated rings. The number of nitrogens with zero attached hydrogens (tertiary/aromatic N) is 5. The number of nitrogens with two attached hydrogens (primary N) is 1. The van der Waals surface area contributed by atoms with E-state index >= 15 is 4.39 Å². The zero-order valence-electron chi connectivity index (χ0n) is 20.6. The first kappa shape index (κ1) is 26.7. The highest BCUT2D eigenvalue weighted by Gasteiger charge is 2.28. The molecule has 5 N–H and O–H groups in total. The number of halogens is 1. The maximum atomic E-state index is 15.0. The van der Waals surface area contributed by atoms with Crippen molar-refractivity contribution in [2.75, 3.05) is 31.1 Å². The summed E-state index contributed by atoms with van der Waals surface area (Å²) in [4.78, 5) is 40.7. The van der Waals surface area contributed by atoms with E-state index in [2.05, 4.69) is 15.1 Å². The normalized spacial score (nSPS) is 17.4. The minimum absolute atomic E-state index is 0.0762. The van der Waals surface area contributed by atoms with Crippen molar-refractivity contribution in [3.63, 3.8) is 0 Å². The van der Waals surface area contributed by atoms with E-state index in [0.29, 0.717) is 56.8 Å². The van der Waals surface area contributed by atoms with Crippen molar-refractivity contribution in [1.29, 1.82) is 5.41 Å². The van der Waals surface area contributed by atoms with Crippen molar-refractivity contribution < 1.29 is 28.7 Å². The summed E-state index contributed by atoms with van der Waals surface area (Å²) in [5.41, 5.74) is 6.84. The van der Waals surface area contributed by atoms with E-state index in [1.54, 1.807) is 12.1 Å². The molecule has 1 unspecified atom stereocenters. The lowest BCUT2D eigenvalue weighted by Gasteiger charge is -2.27. The third kappa shape index (κ3) is 6.70. The number of alkyl carbamates (subject to hydrolysis) is 1. The molecule has 0 radical (unpaired) electrons. The van der Waals surface area contributed by atoms with Crippen LogP contribution in [0.4, 0.5) is 15.1 Å². The van der Waals surface area contributed by atoms with E-state index in [-0.39, 0.29) is 30.2 Å². The molecule has 1 atom stereocenters. The van der Waals surface area contributed by atoms with E-state index in [1.807, 2.05) is 10.2 Å². The number of carbonyl (C=O) groups excluding carboxylic acids is 2. The van der Waals surface area contributed by atoms with Crippen molar-refractivity contribution in [2.24, 2.45) is 10.9 Å². The first-order chi connectivity index (χ1) is 18.3. The molecule has 2 amide bonds. The van der Waals surface area contributed by atoms with Crippen molar-refractivity contribution >= 4 is 29.6 Å². The minimum atomic E-state index is -0.949. The van der Waals surface area contributed by atoms with Crippen LogP contribution in [0.1, 0.15) is 31.2 Å². The Morgan fingerprint density at radius 2 is 2.00 bits per heavy atom.